The highest BCUT2D eigenvalue weighted by Gasteiger charge is 2.57. The van der Waals surface area contributed by atoms with Crippen LogP contribution in [0.25, 0.3) is 0 Å². The monoisotopic (exact) mass is 1130 g/mol. The van der Waals surface area contributed by atoms with Crippen LogP contribution in [0.4, 0.5) is 0 Å². The normalized spacial score (nSPS) is 51.6. The second-order valence-electron chi connectivity index (χ2n) is 32.0. The maximum absolute atomic E-state index is 11.8. The van der Waals surface area contributed by atoms with Crippen LogP contribution in [0.2, 0.25) is 0 Å². The van der Waals surface area contributed by atoms with Crippen molar-refractivity contribution in [3.05, 3.63) is 0 Å². The number of fused-ring (bicyclic) bond motifs is 4. The number of oxime groups is 1. The number of amides is 2. The molecule has 8 saturated heterocycles. The summed E-state index contributed by atoms with van der Waals surface area (Å²) in [7, 11) is 8.37. The van der Waals surface area contributed by atoms with Crippen LogP contribution in [0, 0.1) is 82.9 Å². The molecule has 8 heterocycles. The first-order valence-corrected chi connectivity index (χ1v) is 33.3. The van der Waals surface area contributed by atoms with E-state index in [1.54, 1.807) is 0 Å². The van der Waals surface area contributed by atoms with E-state index >= 15 is 0 Å². The Kier molecular flexibility index (Phi) is 16.8. The van der Waals surface area contributed by atoms with Crippen LogP contribution < -0.4 is 59.9 Å². The van der Waals surface area contributed by atoms with Gasteiger partial charge >= 0.3 is 0 Å². The topological polar surface area (TPSA) is 278 Å². The first-order valence-electron chi connectivity index (χ1n) is 33.3. The second-order valence-corrected chi connectivity index (χ2v) is 32.0. The van der Waals surface area contributed by atoms with Crippen LogP contribution >= 0.6 is 0 Å². The number of ketones is 1. The molecule has 17 heteroatoms. The van der Waals surface area contributed by atoms with E-state index < -0.39 is 0 Å². The predicted molar refractivity (Wildman–Crippen MR) is 316 cm³/mol. The first kappa shape index (κ1) is 59.0. The summed E-state index contributed by atoms with van der Waals surface area (Å²) < 4.78 is 0. The summed E-state index contributed by atoms with van der Waals surface area (Å²) in [4.78, 5) is 35.2. The lowest BCUT2D eigenvalue weighted by Crippen LogP contribution is -2.60. The van der Waals surface area contributed by atoms with Crippen molar-refractivity contribution in [1.29, 1.82) is 0 Å². The van der Waals surface area contributed by atoms with Crippen molar-refractivity contribution in [1.82, 2.24) is 42.5 Å². The minimum atomic E-state index is -0.0182. The van der Waals surface area contributed by atoms with Gasteiger partial charge in [-0.3, -0.25) is 14.4 Å². The van der Waals surface area contributed by atoms with E-state index in [1.165, 1.54) is 148 Å². The Morgan fingerprint density at radius 1 is 0.383 bits per heavy atom. The summed E-state index contributed by atoms with van der Waals surface area (Å²) in [6.07, 6.45) is 37.2. The van der Waals surface area contributed by atoms with E-state index in [4.69, 9.17) is 21.9 Å². The van der Waals surface area contributed by atoms with Crippen molar-refractivity contribution in [2.24, 2.45) is 105 Å². The smallest absolute Gasteiger partial charge is 0.223 e. The third kappa shape index (κ3) is 12.1. The molecule has 24 bridgehead atoms. The fourth-order valence-electron chi connectivity index (χ4n) is 23.8. The van der Waals surface area contributed by atoms with Crippen LogP contribution in [-0.4, -0.2) is 132 Å². The Morgan fingerprint density at radius 3 is 1.22 bits per heavy atom. The predicted octanol–water partition coefficient (Wildman–Crippen LogP) is 5.34. The minimum Gasteiger partial charge on any atom is -0.411 e. The van der Waals surface area contributed by atoms with Gasteiger partial charge in [0, 0.05) is 92.9 Å². The van der Waals surface area contributed by atoms with Crippen LogP contribution in [0.5, 0.6) is 0 Å². The molecule has 24 rings (SSSR count). The molecule has 81 heavy (non-hydrogen) atoms. The van der Waals surface area contributed by atoms with Crippen molar-refractivity contribution in [2.45, 2.75) is 250 Å². The molecule has 20 unspecified atom stereocenters. The summed E-state index contributed by atoms with van der Waals surface area (Å²) in [6, 6.07) is 2.39. The number of nitrogens with zero attached hydrogens (tertiary/aromatic N) is 1. The Bertz CT molecular complexity index is 2250. The molecule has 16 saturated carbocycles. The molecule has 456 valence electrons. The Labute approximate surface area is 485 Å². The van der Waals surface area contributed by atoms with E-state index in [2.05, 4.69) is 81.8 Å². The van der Waals surface area contributed by atoms with Gasteiger partial charge in [-0.05, 0) is 281 Å². The Balaban J connectivity index is 0.0000000959. The molecule has 0 radical (unpaired) electrons. The van der Waals surface area contributed by atoms with E-state index in [0.29, 0.717) is 70.0 Å². The summed E-state index contributed by atoms with van der Waals surface area (Å²) in [5, 5.41) is 46.8. The maximum Gasteiger partial charge on any atom is 0.223 e. The molecule has 2 amide bonds. The van der Waals surface area contributed by atoms with Crippen molar-refractivity contribution in [3.8, 4) is 0 Å². The van der Waals surface area contributed by atoms with Crippen molar-refractivity contribution < 1.29 is 24.8 Å². The van der Waals surface area contributed by atoms with Crippen molar-refractivity contribution in [2.75, 3.05) is 41.3 Å². The quantitative estimate of drug-likeness (QED) is 0.125. The zero-order chi connectivity index (χ0) is 56.7. The lowest BCUT2D eigenvalue weighted by atomic mass is 9.52. The standard InChI is InChI=1S/2C11H18N2O.C11H20N2.C11H17NO.C10H16N2O.C10H18N2.H3NO/c1-12-11-4-7-2-8(5-11)10(14)13-9(3-7)6-11;1-12-11-4-7-2-8(5-11)10(13-14)9(3-7)6-11;1-12-11-4-8-2-9(5-11)7-13-10(3-8)6-11;1-12-11-4-7-2-8(5-11)10(13)9(3-7)6-11;11-10-3-6-1-7(4-10)9(13)12-8(2-6)5-10;11-10-3-7-1-8(4-10)6-12-9(2-7)5-10;1-2/h7-9,12H,2-6H2,1H3,(H,13,14);7-9,12,14H,2-6H2,1H3;8-10,12-13H,2-7H2,1H3;7-9,12H,2-6H2,1H3;6-8H,1-5,11H2,(H,12,13);7-9,12H,1-6,11H2;2H,1H2. The maximum atomic E-state index is 11.8. The van der Waals surface area contributed by atoms with Crippen LogP contribution in [0.3, 0.4) is 0 Å². The molecule has 8 aliphatic heterocycles. The molecule has 16 N–H and O–H groups in total. The van der Waals surface area contributed by atoms with Crippen molar-refractivity contribution >= 4 is 23.3 Å². The number of hydrogen-bond acceptors (Lipinski definition) is 15. The van der Waals surface area contributed by atoms with E-state index in [1.807, 2.05) is 0 Å². The van der Waals surface area contributed by atoms with Gasteiger partial charge in [-0.25, -0.2) is 5.90 Å². The molecule has 0 spiro atoms. The lowest BCUT2D eigenvalue weighted by molar-refractivity contribution is -0.142. The van der Waals surface area contributed by atoms with Crippen LogP contribution in [-0.2, 0) is 14.4 Å². The molecule has 17 nitrogen and oxygen atoms in total. The molecule has 24 fully saturated rings. The number of hydrogen-bond donors (Lipinski definition) is 13. The molecular formula is C64H110N12O5. The van der Waals surface area contributed by atoms with Gasteiger partial charge in [0.2, 0.25) is 11.8 Å². The minimum absolute atomic E-state index is 0.0182. The average Bonchev–Trinajstić information content (AvgIpc) is 4.16. The highest BCUT2D eigenvalue weighted by molar-refractivity contribution is 5.91. The number of nitrogens with one attached hydrogen (secondary N) is 8. The molecular weight excluding hydrogens is 1020 g/mol. The van der Waals surface area contributed by atoms with E-state index in [-0.39, 0.29) is 34.4 Å². The molecule has 24 aliphatic rings. The number of carbonyl (C=O) groups excluding carboxylic acids is 3. The van der Waals surface area contributed by atoms with Gasteiger partial charge in [-0.15, -0.1) is 0 Å². The number of carbonyl (C=O) groups is 3. The van der Waals surface area contributed by atoms with E-state index in [9.17, 15) is 14.4 Å². The molecule has 20 atom stereocenters. The van der Waals surface area contributed by atoms with Gasteiger partial charge in [0.1, 0.15) is 5.78 Å². The van der Waals surface area contributed by atoms with Gasteiger partial charge in [0.25, 0.3) is 0 Å². The fourth-order valence-corrected chi connectivity index (χ4v) is 23.8. The van der Waals surface area contributed by atoms with Gasteiger partial charge in [-0.2, -0.15) is 0 Å². The van der Waals surface area contributed by atoms with Gasteiger partial charge < -0.3 is 64.4 Å². The fraction of sp³-hybridized carbons (Fsp3) is 0.938. The van der Waals surface area contributed by atoms with Crippen molar-refractivity contribution in [3.63, 3.8) is 0 Å². The average molecular weight is 1130 g/mol. The third-order valence-corrected chi connectivity index (χ3v) is 26.1. The number of rotatable bonds is 4. The molecule has 16 aliphatic carbocycles. The highest BCUT2D eigenvalue weighted by Crippen LogP contribution is 2.56. The SMILES string of the molecule is CNC12CC3CC(C1)C(=NO)C(C3)C2.CNC12CC3CC(C1)C(=O)C(C3)C2.CNC12CC3CC(C1)NC(=O)C(C3)C2.CNC12CC3CNC(CC(C3)C1)C2.NC12CC3CC(C1)NC(=O)C(C3)C2.NC12CC3CNC(CC(C3)C1)C2.NO. The zero-order valence-corrected chi connectivity index (χ0v) is 50.3. The highest BCUT2D eigenvalue weighted by atomic mass is 16.4. The number of Topliss-reactive ketones (excluding diaryl/α,β-unsaturated/α-hetero) is 1. The zero-order valence-electron chi connectivity index (χ0n) is 50.3. The van der Waals surface area contributed by atoms with Gasteiger partial charge in [-0.1, -0.05) is 5.16 Å². The van der Waals surface area contributed by atoms with Crippen LogP contribution in [0.15, 0.2) is 5.16 Å². The summed E-state index contributed by atoms with van der Waals surface area (Å²) in [5.41, 5.74) is 15.5. The molecule has 0 aromatic heterocycles. The summed E-state index contributed by atoms with van der Waals surface area (Å²) in [5.74, 6) is 14.2. The lowest BCUT2D eigenvalue weighted by Gasteiger charge is -2.56. The Morgan fingerprint density at radius 2 is 0.704 bits per heavy atom. The van der Waals surface area contributed by atoms with Gasteiger partial charge in [0.05, 0.1) is 5.71 Å². The second kappa shape index (κ2) is 23.1. The summed E-state index contributed by atoms with van der Waals surface area (Å²) in [6.45, 7) is 2.52. The largest absolute Gasteiger partial charge is 0.411 e. The van der Waals surface area contributed by atoms with Gasteiger partial charge in [0.15, 0.2) is 0 Å². The van der Waals surface area contributed by atoms with E-state index in [0.717, 1.165) is 117 Å². The Hall–Kier alpha value is -2.32. The van der Waals surface area contributed by atoms with Crippen LogP contribution in [0.1, 0.15) is 193 Å². The molecule has 0 aromatic carbocycles. The summed E-state index contributed by atoms with van der Waals surface area (Å²) >= 11 is 0. The first-order chi connectivity index (χ1) is 38.9. The number of nitrogens with two attached hydrogens (primary N) is 3. The third-order valence-electron chi connectivity index (χ3n) is 26.1. The molecule has 0 aromatic rings.